The first-order chi connectivity index (χ1) is 13.0. The second-order valence-electron chi connectivity index (χ2n) is 7.12. The van der Waals surface area contributed by atoms with Gasteiger partial charge in [-0.15, -0.1) is 0 Å². The number of hydrogen-bond donors (Lipinski definition) is 2. The Hall–Kier alpha value is -3.02. The van der Waals surface area contributed by atoms with Gasteiger partial charge in [-0.25, -0.2) is 4.79 Å². The predicted molar refractivity (Wildman–Crippen MR) is 101 cm³/mol. The number of urea groups is 1. The number of carboxylic acid groups (broad SMARTS) is 1. The first kappa shape index (κ1) is 18.8. The molecule has 6 nitrogen and oxygen atoms in total. The second-order valence-corrected chi connectivity index (χ2v) is 7.12. The summed E-state index contributed by atoms with van der Waals surface area (Å²) in [7, 11) is 0. The summed E-state index contributed by atoms with van der Waals surface area (Å²) < 4.78 is 5.75. The van der Waals surface area contributed by atoms with E-state index in [1.165, 1.54) is 0 Å². The number of carboxylic acids is 1. The number of benzene rings is 2. The molecule has 1 aliphatic rings. The number of para-hydroxylation sites is 1. The highest BCUT2D eigenvalue weighted by atomic mass is 16.5. The lowest BCUT2D eigenvalue weighted by Crippen LogP contribution is -2.40. The lowest BCUT2D eigenvalue weighted by molar-refractivity contribution is -0.147. The van der Waals surface area contributed by atoms with E-state index in [-0.39, 0.29) is 12.6 Å². The van der Waals surface area contributed by atoms with Crippen LogP contribution in [0.15, 0.2) is 54.6 Å². The van der Waals surface area contributed by atoms with Crippen LogP contribution in [-0.4, -0.2) is 35.1 Å². The van der Waals surface area contributed by atoms with E-state index in [2.05, 4.69) is 5.32 Å². The monoisotopic (exact) mass is 368 g/mol. The van der Waals surface area contributed by atoms with Crippen molar-refractivity contribution in [1.29, 1.82) is 0 Å². The van der Waals surface area contributed by atoms with Gasteiger partial charge in [-0.3, -0.25) is 4.79 Å². The molecule has 2 aromatic carbocycles. The molecule has 1 aliphatic heterocycles. The number of rotatable bonds is 6. The fraction of sp³-hybridized carbons (Fsp3) is 0.333. The number of nitrogens with zero attached hydrogens (tertiary/aromatic N) is 1. The average molecular weight is 368 g/mol. The Bertz CT molecular complexity index is 809. The molecule has 0 aliphatic carbocycles. The number of nitrogens with one attached hydrogen (secondary N) is 1. The zero-order valence-electron chi connectivity index (χ0n) is 15.4. The van der Waals surface area contributed by atoms with Crippen LogP contribution in [0.3, 0.4) is 0 Å². The summed E-state index contributed by atoms with van der Waals surface area (Å²) in [5.74, 6) is -0.0457. The molecule has 1 saturated heterocycles. The van der Waals surface area contributed by atoms with E-state index in [0.29, 0.717) is 26.1 Å². The zero-order chi connectivity index (χ0) is 19.3. The Morgan fingerprint density at radius 3 is 2.59 bits per heavy atom. The summed E-state index contributed by atoms with van der Waals surface area (Å²) in [6.45, 7) is 3.21. The van der Waals surface area contributed by atoms with Gasteiger partial charge in [0, 0.05) is 19.6 Å². The molecule has 27 heavy (non-hydrogen) atoms. The van der Waals surface area contributed by atoms with Crippen molar-refractivity contribution in [2.75, 3.05) is 13.1 Å². The Labute approximate surface area is 158 Å². The van der Waals surface area contributed by atoms with E-state index in [1.54, 1.807) is 11.8 Å². The summed E-state index contributed by atoms with van der Waals surface area (Å²) in [5.41, 5.74) is 1.13. The molecule has 1 heterocycles. The van der Waals surface area contributed by atoms with Crippen molar-refractivity contribution in [3.05, 3.63) is 65.7 Å². The lowest BCUT2D eigenvalue weighted by atomic mass is 9.90. The number of carbonyl (C=O) groups excluding carboxylic acids is 1. The van der Waals surface area contributed by atoms with E-state index in [9.17, 15) is 14.7 Å². The van der Waals surface area contributed by atoms with E-state index in [1.807, 2.05) is 54.6 Å². The summed E-state index contributed by atoms with van der Waals surface area (Å²) in [6, 6.07) is 17.2. The number of aliphatic carboxylic acids is 1. The number of ether oxygens (including phenoxy) is 1. The number of amides is 2. The number of hydrogen-bond acceptors (Lipinski definition) is 3. The van der Waals surface area contributed by atoms with Gasteiger partial charge in [0.2, 0.25) is 0 Å². The molecule has 0 spiro atoms. The van der Waals surface area contributed by atoms with Gasteiger partial charge in [-0.05, 0) is 36.6 Å². The molecular formula is C21H24N2O4. The predicted octanol–water partition coefficient (Wildman–Crippen LogP) is 3.27. The lowest BCUT2D eigenvalue weighted by Gasteiger charge is -2.20. The molecule has 2 aromatic rings. The van der Waals surface area contributed by atoms with Crippen molar-refractivity contribution in [2.45, 2.75) is 26.5 Å². The molecule has 3 rings (SSSR count). The topological polar surface area (TPSA) is 78.9 Å². The standard InChI is InChI=1S/C21H24N2O4/c1-21(19(24)25)10-11-23(15-21)20(26)22-13-16-6-5-7-17(12-16)14-27-18-8-3-2-4-9-18/h2-9,12H,10-11,13-15H2,1H3,(H,22,26)(H,24,25). The molecule has 1 unspecified atom stereocenters. The van der Waals surface area contributed by atoms with Crippen LogP contribution < -0.4 is 10.1 Å². The molecule has 142 valence electrons. The minimum atomic E-state index is -0.857. The van der Waals surface area contributed by atoms with Crippen molar-refractivity contribution in [2.24, 2.45) is 5.41 Å². The van der Waals surface area contributed by atoms with Crippen LogP contribution in [0.5, 0.6) is 5.75 Å². The van der Waals surface area contributed by atoms with Crippen molar-refractivity contribution in [3.8, 4) is 5.75 Å². The van der Waals surface area contributed by atoms with Crippen molar-refractivity contribution in [3.63, 3.8) is 0 Å². The molecule has 0 saturated carbocycles. The van der Waals surface area contributed by atoms with Crippen LogP contribution in [0, 0.1) is 5.41 Å². The van der Waals surface area contributed by atoms with Gasteiger partial charge in [-0.1, -0.05) is 42.5 Å². The summed E-state index contributed by atoms with van der Waals surface area (Å²) >= 11 is 0. The Morgan fingerprint density at radius 1 is 1.15 bits per heavy atom. The minimum Gasteiger partial charge on any atom is -0.489 e. The molecule has 0 radical (unpaired) electrons. The first-order valence-electron chi connectivity index (χ1n) is 8.98. The Morgan fingerprint density at radius 2 is 1.89 bits per heavy atom. The maximum absolute atomic E-state index is 12.3. The highest BCUT2D eigenvalue weighted by Crippen LogP contribution is 2.30. The van der Waals surface area contributed by atoms with E-state index < -0.39 is 11.4 Å². The largest absolute Gasteiger partial charge is 0.489 e. The molecule has 2 amide bonds. The average Bonchev–Trinajstić information content (AvgIpc) is 3.09. The number of carbonyl (C=O) groups is 2. The van der Waals surface area contributed by atoms with Crippen LogP contribution in [0.25, 0.3) is 0 Å². The third-order valence-electron chi connectivity index (χ3n) is 4.86. The van der Waals surface area contributed by atoms with E-state index >= 15 is 0 Å². The fourth-order valence-corrected chi connectivity index (χ4v) is 3.11. The Kier molecular flexibility index (Phi) is 5.64. The van der Waals surface area contributed by atoms with Gasteiger partial charge >= 0.3 is 12.0 Å². The van der Waals surface area contributed by atoms with Crippen LogP contribution in [0.4, 0.5) is 4.79 Å². The Balaban J connectivity index is 1.51. The highest BCUT2D eigenvalue weighted by Gasteiger charge is 2.42. The quantitative estimate of drug-likeness (QED) is 0.820. The zero-order valence-corrected chi connectivity index (χ0v) is 15.4. The van der Waals surface area contributed by atoms with Gasteiger partial charge in [0.05, 0.1) is 5.41 Å². The SMILES string of the molecule is CC1(C(=O)O)CCN(C(=O)NCc2cccc(COc3ccccc3)c2)C1. The minimum absolute atomic E-state index is 0.231. The summed E-state index contributed by atoms with van der Waals surface area (Å²) in [4.78, 5) is 25.2. The van der Waals surface area contributed by atoms with E-state index in [4.69, 9.17) is 4.74 Å². The van der Waals surface area contributed by atoms with E-state index in [0.717, 1.165) is 16.9 Å². The van der Waals surface area contributed by atoms with Crippen molar-refractivity contribution < 1.29 is 19.4 Å². The maximum atomic E-state index is 12.3. The van der Waals surface area contributed by atoms with Gasteiger partial charge in [0.25, 0.3) is 0 Å². The molecule has 1 fully saturated rings. The van der Waals surface area contributed by atoms with Crippen LogP contribution in [0.2, 0.25) is 0 Å². The summed E-state index contributed by atoms with van der Waals surface area (Å²) in [6.07, 6.45) is 0.474. The van der Waals surface area contributed by atoms with Crippen LogP contribution in [0.1, 0.15) is 24.5 Å². The van der Waals surface area contributed by atoms with Gasteiger partial charge in [0.1, 0.15) is 12.4 Å². The van der Waals surface area contributed by atoms with Gasteiger partial charge < -0.3 is 20.1 Å². The van der Waals surface area contributed by atoms with Gasteiger partial charge in [-0.2, -0.15) is 0 Å². The normalized spacial score (nSPS) is 18.9. The first-order valence-corrected chi connectivity index (χ1v) is 8.98. The van der Waals surface area contributed by atoms with Crippen LogP contribution >= 0.6 is 0 Å². The van der Waals surface area contributed by atoms with Gasteiger partial charge in [0.15, 0.2) is 0 Å². The smallest absolute Gasteiger partial charge is 0.317 e. The molecule has 0 bridgehead atoms. The fourth-order valence-electron chi connectivity index (χ4n) is 3.11. The third kappa shape index (κ3) is 4.78. The molecular weight excluding hydrogens is 344 g/mol. The molecule has 1 atom stereocenters. The van der Waals surface area contributed by atoms with Crippen LogP contribution in [-0.2, 0) is 17.9 Å². The highest BCUT2D eigenvalue weighted by molar-refractivity contribution is 5.79. The van der Waals surface area contributed by atoms with Crippen molar-refractivity contribution in [1.82, 2.24) is 10.2 Å². The van der Waals surface area contributed by atoms with Crippen molar-refractivity contribution >= 4 is 12.0 Å². The third-order valence-corrected chi connectivity index (χ3v) is 4.86. The number of likely N-dealkylation sites (tertiary alicyclic amines) is 1. The second kappa shape index (κ2) is 8.12. The summed E-state index contributed by atoms with van der Waals surface area (Å²) in [5, 5.41) is 12.1. The molecule has 0 aromatic heterocycles. The molecule has 6 heteroatoms. The molecule has 2 N–H and O–H groups in total. The maximum Gasteiger partial charge on any atom is 0.317 e.